The fourth-order valence-corrected chi connectivity index (χ4v) is 3.53. The zero-order valence-corrected chi connectivity index (χ0v) is 12.7. The first-order chi connectivity index (χ1) is 10.0. The molecule has 2 atom stereocenters. The highest BCUT2D eigenvalue weighted by Crippen LogP contribution is 2.28. The van der Waals surface area contributed by atoms with Crippen molar-refractivity contribution in [2.75, 3.05) is 12.0 Å². The van der Waals surface area contributed by atoms with Gasteiger partial charge in [-0.05, 0) is 31.6 Å². The number of nitrogens with one attached hydrogen (secondary N) is 1. The van der Waals surface area contributed by atoms with Crippen LogP contribution in [0, 0.1) is 10.1 Å². The predicted molar refractivity (Wildman–Crippen MR) is 84.5 cm³/mol. The van der Waals surface area contributed by atoms with Crippen molar-refractivity contribution >= 4 is 29.0 Å². The lowest BCUT2D eigenvalue weighted by molar-refractivity contribution is -0.385. The Morgan fingerprint density at radius 1 is 1.48 bits per heavy atom. The van der Waals surface area contributed by atoms with E-state index in [1.807, 2.05) is 0 Å². The van der Waals surface area contributed by atoms with Gasteiger partial charge in [0.25, 0.3) is 11.6 Å². The van der Waals surface area contributed by atoms with Crippen LogP contribution < -0.4 is 11.1 Å². The van der Waals surface area contributed by atoms with Gasteiger partial charge in [0.2, 0.25) is 0 Å². The lowest BCUT2D eigenvalue weighted by Crippen LogP contribution is -2.39. The molecule has 114 valence electrons. The molecule has 0 radical (unpaired) electrons. The lowest BCUT2D eigenvalue weighted by atomic mass is 9.94. The molecule has 2 unspecified atom stereocenters. The highest BCUT2D eigenvalue weighted by atomic mass is 32.2. The number of rotatable bonds is 4. The smallest absolute Gasteiger partial charge is 0.284 e. The van der Waals surface area contributed by atoms with Gasteiger partial charge in [-0.1, -0.05) is 12.5 Å². The van der Waals surface area contributed by atoms with Crippen LogP contribution >= 0.6 is 11.8 Å². The zero-order valence-electron chi connectivity index (χ0n) is 11.9. The van der Waals surface area contributed by atoms with E-state index in [2.05, 4.69) is 11.6 Å². The molecule has 1 aromatic rings. The van der Waals surface area contributed by atoms with Crippen molar-refractivity contribution in [3.8, 4) is 0 Å². The molecule has 2 rings (SSSR count). The summed E-state index contributed by atoms with van der Waals surface area (Å²) in [5.74, 6) is -0.452. The van der Waals surface area contributed by atoms with Gasteiger partial charge in [0.05, 0.1) is 10.6 Å². The molecule has 1 aliphatic rings. The van der Waals surface area contributed by atoms with E-state index < -0.39 is 10.8 Å². The summed E-state index contributed by atoms with van der Waals surface area (Å²) in [5.41, 5.74) is 5.61. The molecule has 1 aromatic carbocycles. The van der Waals surface area contributed by atoms with Crippen LogP contribution in [-0.2, 0) is 0 Å². The number of nitrogens with zero attached hydrogens (tertiary/aromatic N) is 1. The molecule has 0 spiro atoms. The first kappa shape index (κ1) is 15.6. The standard InChI is InChI=1S/C14H19N3O3S/c1-21-10-5-2-4-9(8-10)16-14(18)13-11(15)6-3-7-12(13)17(19)20/h3,6-7,9-10H,2,4-5,8,15H2,1H3,(H,16,18). The van der Waals surface area contributed by atoms with Gasteiger partial charge in [-0.2, -0.15) is 11.8 Å². The van der Waals surface area contributed by atoms with E-state index in [4.69, 9.17) is 5.73 Å². The first-order valence-electron chi connectivity index (χ1n) is 6.89. The SMILES string of the molecule is CSC1CCCC(NC(=O)c2c(N)cccc2[N+](=O)[O-])C1. The van der Waals surface area contributed by atoms with Gasteiger partial charge < -0.3 is 11.1 Å². The van der Waals surface area contributed by atoms with Crippen molar-refractivity contribution < 1.29 is 9.72 Å². The molecular weight excluding hydrogens is 290 g/mol. The number of hydrogen-bond donors (Lipinski definition) is 2. The van der Waals surface area contributed by atoms with Crippen LogP contribution in [0.4, 0.5) is 11.4 Å². The summed E-state index contributed by atoms with van der Waals surface area (Å²) >= 11 is 1.80. The van der Waals surface area contributed by atoms with E-state index in [0.29, 0.717) is 5.25 Å². The first-order valence-corrected chi connectivity index (χ1v) is 8.18. The fourth-order valence-electron chi connectivity index (χ4n) is 2.70. The number of anilines is 1. The highest BCUT2D eigenvalue weighted by molar-refractivity contribution is 7.99. The maximum absolute atomic E-state index is 12.4. The van der Waals surface area contributed by atoms with E-state index in [1.165, 1.54) is 18.2 Å². The molecule has 1 aliphatic carbocycles. The van der Waals surface area contributed by atoms with Gasteiger partial charge in [-0.3, -0.25) is 14.9 Å². The summed E-state index contributed by atoms with van der Waals surface area (Å²) in [6.07, 6.45) is 6.08. The Labute approximate surface area is 127 Å². The summed E-state index contributed by atoms with van der Waals surface area (Å²) < 4.78 is 0. The van der Waals surface area contributed by atoms with Gasteiger partial charge in [-0.25, -0.2) is 0 Å². The summed E-state index contributed by atoms with van der Waals surface area (Å²) in [7, 11) is 0. The van der Waals surface area contributed by atoms with E-state index in [0.717, 1.165) is 25.7 Å². The van der Waals surface area contributed by atoms with Crippen LogP contribution in [0.15, 0.2) is 18.2 Å². The summed E-state index contributed by atoms with van der Waals surface area (Å²) in [5, 5.41) is 14.5. The number of benzene rings is 1. The quantitative estimate of drug-likeness (QED) is 0.506. The van der Waals surface area contributed by atoms with E-state index in [-0.39, 0.29) is 23.0 Å². The number of carbonyl (C=O) groups excluding carboxylic acids is 1. The molecular formula is C14H19N3O3S. The summed E-state index contributed by atoms with van der Waals surface area (Å²) in [4.78, 5) is 22.8. The lowest BCUT2D eigenvalue weighted by Gasteiger charge is -2.28. The Morgan fingerprint density at radius 3 is 2.90 bits per heavy atom. The Kier molecular flexibility index (Phi) is 5.06. The second-order valence-corrected chi connectivity index (χ2v) is 6.33. The molecule has 7 heteroatoms. The molecule has 21 heavy (non-hydrogen) atoms. The molecule has 0 bridgehead atoms. The minimum absolute atomic E-state index is 0.0335. The molecule has 1 amide bonds. The van der Waals surface area contributed by atoms with Crippen LogP contribution in [0.5, 0.6) is 0 Å². The summed E-state index contributed by atoms with van der Waals surface area (Å²) in [6.45, 7) is 0. The average Bonchev–Trinajstić information content (AvgIpc) is 2.46. The Hall–Kier alpha value is -1.76. The zero-order chi connectivity index (χ0) is 15.4. The van der Waals surface area contributed by atoms with Crippen LogP contribution in [0.3, 0.4) is 0 Å². The van der Waals surface area contributed by atoms with Crippen molar-refractivity contribution in [1.82, 2.24) is 5.32 Å². The molecule has 0 aromatic heterocycles. The van der Waals surface area contributed by atoms with Crippen LogP contribution in [0.2, 0.25) is 0 Å². The maximum Gasteiger partial charge on any atom is 0.284 e. The molecule has 0 heterocycles. The van der Waals surface area contributed by atoms with Crippen LogP contribution in [0.1, 0.15) is 36.0 Å². The van der Waals surface area contributed by atoms with E-state index in [9.17, 15) is 14.9 Å². The molecule has 0 saturated heterocycles. The summed E-state index contributed by atoms with van der Waals surface area (Å²) in [6, 6.07) is 4.35. The molecule has 1 fully saturated rings. The van der Waals surface area contributed by atoms with E-state index in [1.54, 1.807) is 11.8 Å². The largest absolute Gasteiger partial charge is 0.398 e. The molecule has 0 aliphatic heterocycles. The third-order valence-electron chi connectivity index (χ3n) is 3.79. The topological polar surface area (TPSA) is 98.3 Å². The van der Waals surface area contributed by atoms with Crippen molar-refractivity contribution in [3.05, 3.63) is 33.9 Å². The molecule has 6 nitrogen and oxygen atoms in total. The van der Waals surface area contributed by atoms with Crippen molar-refractivity contribution in [2.45, 2.75) is 37.0 Å². The number of nitro benzene ring substituents is 1. The third kappa shape index (κ3) is 3.66. The highest BCUT2D eigenvalue weighted by Gasteiger charge is 2.27. The number of thioether (sulfide) groups is 1. The molecule has 1 saturated carbocycles. The number of nitrogen functional groups attached to an aromatic ring is 1. The van der Waals surface area contributed by atoms with Crippen LogP contribution in [0.25, 0.3) is 0 Å². The predicted octanol–water partition coefficient (Wildman–Crippen LogP) is 2.58. The monoisotopic (exact) mass is 309 g/mol. The van der Waals surface area contributed by atoms with E-state index >= 15 is 0 Å². The van der Waals surface area contributed by atoms with Crippen molar-refractivity contribution in [2.24, 2.45) is 0 Å². The average molecular weight is 309 g/mol. The maximum atomic E-state index is 12.4. The van der Waals surface area contributed by atoms with Gasteiger partial charge in [-0.15, -0.1) is 0 Å². The van der Waals surface area contributed by atoms with Crippen molar-refractivity contribution in [3.63, 3.8) is 0 Å². The Morgan fingerprint density at radius 2 is 2.24 bits per heavy atom. The number of nitro groups is 1. The van der Waals surface area contributed by atoms with Gasteiger partial charge in [0, 0.05) is 17.4 Å². The number of hydrogen-bond acceptors (Lipinski definition) is 5. The minimum atomic E-state index is -0.573. The Bertz CT molecular complexity index is 550. The Balaban J connectivity index is 2.15. The van der Waals surface area contributed by atoms with Crippen LogP contribution in [-0.4, -0.2) is 28.4 Å². The molecule has 3 N–H and O–H groups in total. The normalized spacial score (nSPS) is 21.8. The fraction of sp³-hybridized carbons (Fsp3) is 0.500. The number of carbonyl (C=O) groups is 1. The van der Waals surface area contributed by atoms with Gasteiger partial charge in [0.1, 0.15) is 5.56 Å². The number of amides is 1. The second kappa shape index (κ2) is 6.80. The van der Waals surface area contributed by atoms with Gasteiger partial charge >= 0.3 is 0 Å². The third-order valence-corrected chi connectivity index (χ3v) is 4.89. The second-order valence-electron chi connectivity index (χ2n) is 5.19. The van der Waals surface area contributed by atoms with Gasteiger partial charge in [0.15, 0.2) is 0 Å². The van der Waals surface area contributed by atoms with Crippen molar-refractivity contribution in [1.29, 1.82) is 0 Å². The minimum Gasteiger partial charge on any atom is -0.398 e. The number of nitrogens with two attached hydrogens (primary N) is 1.